The number of halogens is 2. The first kappa shape index (κ1) is 18.5. The van der Waals surface area contributed by atoms with Gasteiger partial charge in [0, 0.05) is 22.9 Å². The van der Waals surface area contributed by atoms with E-state index in [0.717, 1.165) is 11.2 Å². The first-order valence-electron chi connectivity index (χ1n) is 7.48. The maximum Gasteiger partial charge on any atom is 0.282 e. The molecule has 5 nitrogen and oxygen atoms in total. The minimum atomic E-state index is -3.39. The number of sulfone groups is 1. The van der Waals surface area contributed by atoms with Crippen molar-refractivity contribution < 1.29 is 17.2 Å². The highest BCUT2D eigenvalue weighted by Crippen LogP contribution is 2.29. The van der Waals surface area contributed by atoms with E-state index < -0.39 is 16.3 Å². The van der Waals surface area contributed by atoms with E-state index in [9.17, 15) is 17.2 Å². The van der Waals surface area contributed by atoms with Crippen molar-refractivity contribution in [2.24, 2.45) is 0 Å². The van der Waals surface area contributed by atoms with Crippen LogP contribution in [0.4, 0.5) is 8.78 Å². The highest BCUT2D eigenvalue weighted by atomic mass is 32.2. The normalized spacial score (nSPS) is 11.9. The van der Waals surface area contributed by atoms with E-state index in [1.807, 2.05) is 30.5 Å². The Labute approximate surface area is 154 Å². The molecule has 0 unspecified atom stereocenters. The zero-order valence-corrected chi connectivity index (χ0v) is 15.6. The average molecular weight is 395 g/mol. The van der Waals surface area contributed by atoms with Crippen molar-refractivity contribution in [3.63, 3.8) is 0 Å². The molecule has 0 amide bonds. The third-order valence-electron chi connectivity index (χ3n) is 3.70. The van der Waals surface area contributed by atoms with Crippen molar-refractivity contribution in [2.45, 2.75) is 16.2 Å². The fourth-order valence-corrected chi connectivity index (χ4v) is 3.33. The molecule has 0 fully saturated rings. The Hall–Kier alpha value is -2.26. The Balaban J connectivity index is 2.10. The Kier molecular flexibility index (Phi) is 5.10. The summed E-state index contributed by atoms with van der Waals surface area (Å²) in [6.45, 7) is 0. The van der Waals surface area contributed by atoms with Gasteiger partial charge in [-0.05, 0) is 36.6 Å². The van der Waals surface area contributed by atoms with Crippen LogP contribution in [0.1, 0.15) is 12.1 Å². The third-order valence-corrected chi connectivity index (χ3v) is 5.54. The van der Waals surface area contributed by atoms with Crippen LogP contribution in [0, 0.1) is 0 Å². The third kappa shape index (κ3) is 3.78. The number of aromatic nitrogens is 3. The topological polar surface area (TPSA) is 64.8 Å². The largest absolute Gasteiger partial charge is 0.282 e. The summed E-state index contributed by atoms with van der Waals surface area (Å²) in [6, 6.07) is 11.5. The van der Waals surface area contributed by atoms with Gasteiger partial charge in [0.05, 0.1) is 10.6 Å². The van der Waals surface area contributed by atoms with Crippen LogP contribution in [0.25, 0.3) is 17.1 Å². The molecule has 2 heterocycles. The zero-order chi connectivity index (χ0) is 18.9. The van der Waals surface area contributed by atoms with Crippen LogP contribution < -0.4 is 0 Å². The van der Waals surface area contributed by atoms with Crippen molar-refractivity contribution in [3.8, 4) is 17.1 Å². The summed E-state index contributed by atoms with van der Waals surface area (Å²) < 4.78 is 50.7. The summed E-state index contributed by atoms with van der Waals surface area (Å²) in [7, 11) is -3.39. The lowest BCUT2D eigenvalue weighted by atomic mass is 10.1. The molecule has 0 aliphatic heterocycles. The van der Waals surface area contributed by atoms with Crippen molar-refractivity contribution in [3.05, 3.63) is 54.4 Å². The van der Waals surface area contributed by atoms with Crippen molar-refractivity contribution in [2.75, 3.05) is 12.5 Å². The van der Waals surface area contributed by atoms with Gasteiger partial charge in [0.15, 0.2) is 15.7 Å². The molecule has 0 atom stereocenters. The Morgan fingerprint density at radius 1 is 1.12 bits per heavy atom. The van der Waals surface area contributed by atoms with Crippen LogP contribution in [-0.2, 0) is 9.84 Å². The average Bonchev–Trinajstić information content (AvgIpc) is 3.07. The zero-order valence-electron chi connectivity index (χ0n) is 13.9. The lowest BCUT2D eigenvalue weighted by Gasteiger charge is -2.08. The first-order chi connectivity index (χ1) is 12.3. The molecule has 0 saturated heterocycles. The summed E-state index contributed by atoms with van der Waals surface area (Å²) in [5.74, 6) is 0.258. The van der Waals surface area contributed by atoms with Gasteiger partial charge in [0.1, 0.15) is 5.69 Å². The van der Waals surface area contributed by atoms with E-state index in [4.69, 9.17) is 0 Å². The predicted molar refractivity (Wildman–Crippen MR) is 96.6 cm³/mol. The van der Waals surface area contributed by atoms with Crippen LogP contribution in [0.2, 0.25) is 0 Å². The molecule has 0 aliphatic carbocycles. The Bertz CT molecular complexity index is 1020. The second-order valence-corrected chi connectivity index (χ2v) is 8.42. The summed E-state index contributed by atoms with van der Waals surface area (Å²) in [4.78, 5) is 5.18. The molecular weight excluding hydrogens is 380 g/mol. The molecule has 9 heteroatoms. The molecule has 2 aromatic heterocycles. The van der Waals surface area contributed by atoms with E-state index in [0.29, 0.717) is 11.3 Å². The molecule has 0 radical (unpaired) electrons. The van der Waals surface area contributed by atoms with Gasteiger partial charge in [0.2, 0.25) is 0 Å². The van der Waals surface area contributed by atoms with Gasteiger partial charge in [-0.2, -0.15) is 5.10 Å². The van der Waals surface area contributed by atoms with E-state index >= 15 is 0 Å². The number of alkyl halides is 2. The highest BCUT2D eigenvalue weighted by Gasteiger charge is 2.19. The van der Waals surface area contributed by atoms with Gasteiger partial charge < -0.3 is 0 Å². The number of pyridine rings is 1. The highest BCUT2D eigenvalue weighted by molar-refractivity contribution is 7.98. The minimum absolute atomic E-state index is 0.0494. The monoisotopic (exact) mass is 395 g/mol. The van der Waals surface area contributed by atoms with E-state index in [-0.39, 0.29) is 16.4 Å². The molecule has 26 heavy (non-hydrogen) atoms. The second-order valence-electron chi connectivity index (χ2n) is 5.52. The maximum absolute atomic E-state index is 13.2. The minimum Gasteiger partial charge on any atom is -0.236 e. The maximum atomic E-state index is 13.2. The van der Waals surface area contributed by atoms with Crippen molar-refractivity contribution in [1.29, 1.82) is 0 Å². The van der Waals surface area contributed by atoms with Crippen LogP contribution in [0.5, 0.6) is 0 Å². The second kappa shape index (κ2) is 7.16. The number of thioether (sulfide) groups is 1. The number of benzene rings is 1. The Morgan fingerprint density at radius 2 is 1.81 bits per heavy atom. The molecular formula is C17H15F2N3O2S2. The van der Waals surface area contributed by atoms with Gasteiger partial charge in [-0.15, -0.1) is 11.8 Å². The summed E-state index contributed by atoms with van der Waals surface area (Å²) >= 11 is 1.58. The fraction of sp³-hybridized carbons (Fsp3) is 0.176. The predicted octanol–water partition coefficient (Wildman–Crippen LogP) is 4.00. The fourth-order valence-electron chi connectivity index (χ4n) is 2.37. The lowest BCUT2D eigenvalue weighted by molar-refractivity contribution is 0.145. The van der Waals surface area contributed by atoms with Gasteiger partial charge in [-0.1, -0.05) is 12.1 Å². The van der Waals surface area contributed by atoms with Crippen molar-refractivity contribution in [1.82, 2.24) is 14.8 Å². The smallest absolute Gasteiger partial charge is 0.236 e. The molecule has 0 N–H and O–H groups in total. The molecule has 136 valence electrons. The number of nitrogens with zero attached hydrogens (tertiary/aromatic N) is 3. The van der Waals surface area contributed by atoms with Crippen LogP contribution in [-0.4, -0.2) is 35.7 Å². The molecule has 0 aliphatic rings. The van der Waals surface area contributed by atoms with E-state index in [2.05, 4.69) is 10.1 Å². The van der Waals surface area contributed by atoms with Crippen molar-refractivity contribution >= 4 is 21.6 Å². The van der Waals surface area contributed by atoms with Crippen LogP contribution >= 0.6 is 11.8 Å². The quantitative estimate of drug-likeness (QED) is 0.611. The van der Waals surface area contributed by atoms with Gasteiger partial charge in [0.25, 0.3) is 6.43 Å². The molecule has 1 aromatic carbocycles. The Morgan fingerprint density at radius 3 is 2.31 bits per heavy atom. The molecule has 0 bridgehead atoms. The van der Waals surface area contributed by atoms with Gasteiger partial charge in [-0.25, -0.2) is 26.9 Å². The molecule has 3 rings (SSSR count). The summed E-state index contributed by atoms with van der Waals surface area (Å²) in [5, 5.41) is 3.94. The molecule has 3 aromatic rings. The molecule has 0 spiro atoms. The van der Waals surface area contributed by atoms with E-state index in [1.165, 1.54) is 29.1 Å². The first-order valence-corrected chi connectivity index (χ1v) is 10.6. The number of rotatable bonds is 5. The van der Waals surface area contributed by atoms with Crippen LogP contribution in [0.3, 0.4) is 0 Å². The number of hydrogen-bond donors (Lipinski definition) is 0. The van der Waals surface area contributed by atoms with Gasteiger partial charge >= 0.3 is 0 Å². The van der Waals surface area contributed by atoms with Crippen LogP contribution in [0.15, 0.2) is 58.5 Å². The standard InChI is InChI=1S/C17H15F2N3O2S2/c1-25-12-5-3-11(4-6-12)15-9-14(17(18)19)21-22(15)16-8-7-13(10-20-16)26(2,23)24/h3-10,17H,1-2H3. The summed E-state index contributed by atoms with van der Waals surface area (Å²) in [5.41, 5.74) is 0.784. The van der Waals surface area contributed by atoms with E-state index in [1.54, 1.807) is 11.8 Å². The molecule has 0 saturated carbocycles. The lowest BCUT2D eigenvalue weighted by Crippen LogP contribution is -2.04. The SMILES string of the molecule is CSc1ccc(-c2cc(C(F)F)nn2-c2ccc(S(C)(=O)=O)cn2)cc1. The van der Waals surface area contributed by atoms with Gasteiger partial charge in [-0.3, -0.25) is 0 Å². The summed E-state index contributed by atoms with van der Waals surface area (Å²) in [6.07, 6.45) is 1.48. The number of hydrogen-bond acceptors (Lipinski definition) is 5.